The van der Waals surface area contributed by atoms with Gasteiger partial charge in [0.1, 0.15) is 0 Å². The number of carbonyl (C=O) groups is 1. The van der Waals surface area contributed by atoms with Gasteiger partial charge in [-0.15, -0.1) is 0 Å². The third kappa shape index (κ3) is 3.34. The maximum atomic E-state index is 13.2. The quantitative estimate of drug-likeness (QED) is 0.877. The molecule has 2 aliphatic rings. The molecule has 1 saturated carbocycles. The van der Waals surface area contributed by atoms with Gasteiger partial charge in [-0.1, -0.05) is 31.0 Å². The molecule has 0 radical (unpaired) electrons. The molecule has 2 aromatic carbocycles. The SMILES string of the molecule is CC1Cc2ccccc2N1S(=O)(=O)c1ccc(C(=O)NC2CCCC2)cc1. The van der Waals surface area contributed by atoms with Crippen molar-refractivity contribution in [3.8, 4) is 0 Å². The third-order valence-corrected chi connectivity index (χ3v) is 7.45. The van der Waals surface area contributed by atoms with Gasteiger partial charge < -0.3 is 5.32 Å². The van der Waals surface area contributed by atoms with E-state index in [4.69, 9.17) is 0 Å². The summed E-state index contributed by atoms with van der Waals surface area (Å²) in [6.07, 6.45) is 5.04. The minimum atomic E-state index is -3.66. The Morgan fingerprint density at radius 1 is 1.04 bits per heavy atom. The summed E-state index contributed by atoms with van der Waals surface area (Å²) >= 11 is 0. The highest BCUT2D eigenvalue weighted by atomic mass is 32.2. The summed E-state index contributed by atoms with van der Waals surface area (Å²) in [5, 5.41) is 3.03. The number of benzene rings is 2. The number of carbonyl (C=O) groups excluding carboxylic acids is 1. The number of hydrogen-bond acceptors (Lipinski definition) is 3. The van der Waals surface area contributed by atoms with Crippen LogP contribution in [0.15, 0.2) is 53.4 Å². The van der Waals surface area contributed by atoms with Crippen molar-refractivity contribution in [1.29, 1.82) is 0 Å². The van der Waals surface area contributed by atoms with Crippen molar-refractivity contribution in [2.75, 3.05) is 4.31 Å². The summed E-state index contributed by atoms with van der Waals surface area (Å²) in [6.45, 7) is 1.92. The van der Waals surface area contributed by atoms with Gasteiger partial charge in [-0.2, -0.15) is 0 Å². The van der Waals surface area contributed by atoms with Crippen molar-refractivity contribution in [3.63, 3.8) is 0 Å². The molecule has 0 spiro atoms. The van der Waals surface area contributed by atoms with Crippen LogP contribution in [0.4, 0.5) is 5.69 Å². The van der Waals surface area contributed by atoms with E-state index in [9.17, 15) is 13.2 Å². The first kappa shape index (κ1) is 18.0. The average Bonchev–Trinajstić information content (AvgIpc) is 3.28. The molecular weight excluding hydrogens is 360 g/mol. The van der Waals surface area contributed by atoms with E-state index in [0.717, 1.165) is 36.9 Å². The Hall–Kier alpha value is -2.34. The van der Waals surface area contributed by atoms with Crippen LogP contribution < -0.4 is 9.62 Å². The molecule has 5 nitrogen and oxygen atoms in total. The lowest BCUT2D eigenvalue weighted by atomic mass is 10.1. The van der Waals surface area contributed by atoms with Crippen LogP contribution in [0.25, 0.3) is 0 Å². The molecule has 1 heterocycles. The number of hydrogen-bond donors (Lipinski definition) is 1. The zero-order valence-corrected chi connectivity index (χ0v) is 16.2. The maximum Gasteiger partial charge on any atom is 0.264 e. The lowest BCUT2D eigenvalue weighted by molar-refractivity contribution is 0.0938. The predicted octanol–water partition coefficient (Wildman–Crippen LogP) is 3.50. The highest BCUT2D eigenvalue weighted by Gasteiger charge is 2.35. The molecule has 27 heavy (non-hydrogen) atoms. The van der Waals surface area contributed by atoms with Crippen LogP contribution >= 0.6 is 0 Å². The Kier molecular flexibility index (Phi) is 4.68. The Morgan fingerprint density at radius 2 is 1.70 bits per heavy atom. The Labute approximate surface area is 160 Å². The second kappa shape index (κ2) is 7.00. The van der Waals surface area contributed by atoms with Crippen LogP contribution in [0.1, 0.15) is 48.5 Å². The second-order valence-electron chi connectivity index (χ2n) is 7.46. The van der Waals surface area contributed by atoms with E-state index >= 15 is 0 Å². The molecule has 1 N–H and O–H groups in total. The summed E-state index contributed by atoms with van der Waals surface area (Å²) in [6, 6.07) is 14.0. The first-order valence-electron chi connectivity index (χ1n) is 9.50. The monoisotopic (exact) mass is 384 g/mol. The minimum Gasteiger partial charge on any atom is -0.349 e. The fourth-order valence-electron chi connectivity index (χ4n) is 4.13. The van der Waals surface area contributed by atoms with E-state index in [1.807, 2.05) is 31.2 Å². The van der Waals surface area contributed by atoms with E-state index in [1.165, 1.54) is 16.4 Å². The van der Waals surface area contributed by atoms with Gasteiger partial charge in [0.15, 0.2) is 0 Å². The number of para-hydroxylation sites is 1. The van der Waals surface area contributed by atoms with Gasteiger partial charge in [-0.05, 0) is 62.1 Å². The molecule has 1 aliphatic heterocycles. The van der Waals surface area contributed by atoms with Gasteiger partial charge in [0.05, 0.1) is 10.6 Å². The Balaban J connectivity index is 1.57. The van der Waals surface area contributed by atoms with E-state index in [-0.39, 0.29) is 22.9 Å². The molecule has 0 saturated heterocycles. The molecule has 1 amide bonds. The van der Waals surface area contributed by atoms with Gasteiger partial charge >= 0.3 is 0 Å². The average molecular weight is 385 g/mol. The Morgan fingerprint density at radius 3 is 2.41 bits per heavy atom. The van der Waals surface area contributed by atoms with Gasteiger partial charge in [0.2, 0.25) is 0 Å². The summed E-state index contributed by atoms with van der Waals surface area (Å²) in [5.74, 6) is -0.134. The summed E-state index contributed by atoms with van der Waals surface area (Å²) < 4.78 is 27.9. The van der Waals surface area contributed by atoms with Gasteiger partial charge in [0.25, 0.3) is 15.9 Å². The minimum absolute atomic E-state index is 0.127. The van der Waals surface area contributed by atoms with E-state index in [2.05, 4.69) is 5.32 Å². The van der Waals surface area contributed by atoms with Crippen LogP contribution in [0, 0.1) is 0 Å². The molecule has 6 heteroatoms. The van der Waals surface area contributed by atoms with Crippen molar-refractivity contribution in [3.05, 3.63) is 59.7 Å². The summed E-state index contributed by atoms with van der Waals surface area (Å²) in [4.78, 5) is 12.6. The van der Waals surface area contributed by atoms with Crippen LogP contribution in [-0.2, 0) is 16.4 Å². The van der Waals surface area contributed by atoms with Crippen molar-refractivity contribution >= 4 is 21.6 Å². The zero-order valence-electron chi connectivity index (χ0n) is 15.4. The molecule has 1 aliphatic carbocycles. The smallest absolute Gasteiger partial charge is 0.264 e. The molecule has 142 valence electrons. The van der Waals surface area contributed by atoms with Crippen molar-refractivity contribution in [1.82, 2.24) is 5.32 Å². The van der Waals surface area contributed by atoms with Crippen LogP contribution in [0.2, 0.25) is 0 Å². The number of nitrogens with one attached hydrogen (secondary N) is 1. The zero-order chi connectivity index (χ0) is 19.0. The first-order chi connectivity index (χ1) is 13.0. The number of nitrogens with zero attached hydrogens (tertiary/aromatic N) is 1. The number of fused-ring (bicyclic) bond motifs is 1. The molecule has 0 bridgehead atoms. The number of anilines is 1. The van der Waals surface area contributed by atoms with E-state index < -0.39 is 10.0 Å². The van der Waals surface area contributed by atoms with Crippen molar-refractivity contribution in [2.24, 2.45) is 0 Å². The molecule has 1 unspecified atom stereocenters. The summed E-state index contributed by atoms with van der Waals surface area (Å²) in [5.41, 5.74) is 2.28. The fourth-order valence-corrected chi connectivity index (χ4v) is 5.83. The highest BCUT2D eigenvalue weighted by molar-refractivity contribution is 7.92. The molecule has 1 atom stereocenters. The highest BCUT2D eigenvalue weighted by Crippen LogP contribution is 2.36. The number of rotatable bonds is 4. The number of sulfonamides is 1. The largest absolute Gasteiger partial charge is 0.349 e. The lowest BCUT2D eigenvalue weighted by Gasteiger charge is -2.24. The second-order valence-corrected chi connectivity index (χ2v) is 9.28. The van der Waals surface area contributed by atoms with Crippen molar-refractivity contribution in [2.45, 2.75) is 56.0 Å². The van der Waals surface area contributed by atoms with E-state index in [1.54, 1.807) is 12.1 Å². The standard InChI is InChI=1S/C21H24N2O3S/c1-15-14-17-6-2-5-9-20(17)23(15)27(25,26)19-12-10-16(11-13-19)21(24)22-18-7-3-4-8-18/h2,5-6,9-13,15,18H,3-4,7-8,14H2,1H3,(H,22,24). The number of amides is 1. The van der Waals surface area contributed by atoms with E-state index in [0.29, 0.717) is 12.0 Å². The molecule has 2 aromatic rings. The van der Waals surface area contributed by atoms with Gasteiger partial charge in [0, 0.05) is 17.6 Å². The van der Waals surface area contributed by atoms with Crippen LogP contribution in [0.5, 0.6) is 0 Å². The molecule has 4 rings (SSSR count). The van der Waals surface area contributed by atoms with Gasteiger partial charge in [-0.25, -0.2) is 8.42 Å². The molecule has 0 aromatic heterocycles. The molecular formula is C21H24N2O3S. The van der Waals surface area contributed by atoms with Crippen LogP contribution in [-0.4, -0.2) is 26.4 Å². The topological polar surface area (TPSA) is 66.5 Å². The van der Waals surface area contributed by atoms with Crippen LogP contribution in [0.3, 0.4) is 0 Å². The fraction of sp³-hybridized carbons (Fsp3) is 0.381. The van der Waals surface area contributed by atoms with Crippen molar-refractivity contribution < 1.29 is 13.2 Å². The third-order valence-electron chi connectivity index (χ3n) is 5.51. The van der Waals surface area contributed by atoms with Gasteiger partial charge in [-0.3, -0.25) is 9.10 Å². The normalized spacial score (nSPS) is 19.9. The maximum absolute atomic E-state index is 13.2. The molecule has 1 fully saturated rings. The lowest BCUT2D eigenvalue weighted by Crippen LogP contribution is -2.36. The predicted molar refractivity (Wildman–Crippen MR) is 105 cm³/mol. The first-order valence-corrected chi connectivity index (χ1v) is 10.9. The summed E-state index contributed by atoms with van der Waals surface area (Å²) in [7, 11) is -3.66. The Bertz CT molecular complexity index is 948.